The van der Waals surface area contributed by atoms with E-state index in [0.29, 0.717) is 17.6 Å². The van der Waals surface area contributed by atoms with Gasteiger partial charge in [0, 0.05) is 30.8 Å². The number of benzene rings is 1. The van der Waals surface area contributed by atoms with Crippen molar-refractivity contribution in [3.8, 4) is 11.3 Å². The van der Waals surface area contributed by atoms with Crippen LogP contribution in [0.25, 0.3) is 16.9 Å². The number of hydrogen-bond donors (Lipinski definition) is 1. The molecule has 7 heteroatoms. The number of fused-ring (bicyclic) bond motifs is 1. The molecule has 0 amide bonds. The van der Waals surface area contributed by atoms with Crippen molar-refractivity contribution in [1.82, 2.24) is 24.5 Å². The Labute approximate surface area is 140 Å². The first-order valence-corrected chi connectivity index (χ1v) is 8.11. The minimum atomic E-state index is 0.375. The molecule has 3 heterocycles. The summed E-state index contributed by atoms with van der Waals surface area (Å²) in [5, 5.41) is 7.91. The van der Waals surface area contributed by atoms with E-state index < -0.39 is 0 Å². The summed E-state index contributed by atoms with van der Waals surface area (Å²) in [6, 6.07) is 10.7. The van der Waals surface area contributed by atoms with Crippen molar-refractivity contribution in [3.63, 3.8) is 0 Å². The number of hydrogen-bond acceptors (Lipinski definition) is 6. The van der Waals surface area contributed by atoms with Crippen molar-refractivity contribution in [2.24, 2.45) is 0 Å². The van der Waals surface area contributed by atoms with Crippen LogP contribution < -0.4 is 5.73 Å². The third-order valence-corrected chi connectivity index (χ3v) is 4.60. The van der Waals surface area contributed by atoms with E-state index in [1.165, 1.54) is 5.56 Å². The summed E-state index contributed by atoms with van der Waals surface area (Å²) in [5.41, 5.74) is 9.78. The first-order chi connectivity index (χ1) is 11.7. The Morgan fingerprint density at radius 3 is 2.67 bits per heavy atom. The highest BCUT2D eigenvalue weighted by Crippen LogP contribution is 2.25. The van der Waals surface area contributed by atoms with Crippen molar-refractivity contribution in [1.29, 1.82) is 0 Å². The average Bonchev–Trinajstić information content (AvgIpc) is 3.11. The lowest BCUT2D eigenvalue weighted by Gasteiger charge is -2.32. The van der Waals surface area contributed by atoms with Gasteiger partial charge in [0.2, 0.25) is 5.95 Å². The predicted molar refractivity (Wildman–Crippen MR) is 91.4 cm³/mol. The molecule has 7 nitrogen and oxygen atoms in total. The molecule has 124 valence electrons. The molecule has 2 aromatic heterocycles. The molecule has 1 aliphatic rings. The molecule has 0 unspecified atom stereocenters. The van der Waals surface area contributed by atoms with Gasteiger partial charge >= 0.3 is 0 Å². The maximum atomic E-state index is 5.97. The van der Waals surface area contributed by atoms with E-state index in [1.807, 2.05) is 6.07 Å². The molecular weight excluding hydrogens is 304 g/mol. The second-order valence-corrected chi connectivity index (χ2v) is 6.01. The average molecular weight is 324 g/mol. The molecule has 0 aliphatic carbocycles. The van der Waals surface area contributed by atoms with Gasteiger partial charge in [-0.1, -0.05) is 24.3 Å². The van der Waals surface area contributed by atoms with Crippen LogP contribution in [0.1, 0.15) is 18.5 Å². The largest absolute Gasteiger partial charge is 0.379 e. The molecule has 1 atom stereocenters. The van der Waals surface area contributed by atoms with Gasteiger partial charge in [-0.05, 0) is 12.5 Å². The molecular formula is C17H20N6O. The van der Waals surface area contributed by atoms with E-state index in [9.17, 15) is 0 Å². The Morgan fingerprint density at radius 2 is 1.92 bits per heavy atom. The van der Waals surface area contributed by atoms with E-state index >= 15 is 0 Å². The van der Waals surface area contributed by atoms with Crippen LogP contribution >= 0.6 is 0 Å². The fourth-order valence-electron chi connectivity index (χ4n) is 3.11. The van der Waals surface area contributed by atoms with Crippen molar-refractivity contribution < 1.29 is 4.74 Å². The highest BCUT2D eigenvalue weighted by Gasteiger charge is 2.18. The molecule has 1 fully saturated rings. The smallest absolute Gasteiger partial charge is 0.207 e. The van der Waals surface area contributed by atoms with Crippen molar-refractivity contribution >= 4 is 11.6 Å². The summed E-state index contributed by atoms with van der Waals surface area (Å²) < 4.78 is 7.09. The zero-order valence-electron chi connectivity index (χ0n) is 13.6. The van der Waals surface area contributed by atoms with E-state index in [2.05, 4.69) is 51.3 Å². The monoisotopic (exact) mass is 324 g/mol. The first kappa shape index (κ1) is 15.0. The van der Waals surface area contributed by atoms with Crippen LogP contribution in [0, 0.1) is 0 Å². The first-order valence-electron chi connectivity index (χ1n) is 8.11. The van der Waals surface area contributed by atoms with Gasteiger partial charge in [-0.25, -0.2) is 4.98 Å². The van der Waals surface area contributed by atoms with Gasteiger partial charge in [-0.2, -0.15) is 0 Å². The van der Waals surface area contributed by atoms with E-state index in [4.69, 9.17) is 10.5 Å². The third-order valence-electron chi connectivity index (χ3n) is 4.60. The van der Waals surface area contributed by atoms with Gasteiger partial charge in [0.25, 0.3) is 0 Å². The minimum absolute atomic E-state index is 0.375. The van der Waals surface area contributed by atoms with Crippen molar-refractivity contribution in [3.05, 3.63) is 42.2 Å². The number of nitrogens with zero attached hydrogens (tertiary/aromatic N) is 5. The Balaban J connectivity index is 1.60. The SMILES string of the molecule is C[C@H](c1ccc(-c2cc3nncn3c(N)n2)cc1)N1CCOCC1. The van der Waals surface area contributed by atoms with Crippen molar-refractivity contribution in [2.75, 3.05) is 32.0 Å². The molecule has 4 rings (SSSR count). The Hall–Kier alpha value is -2.51. The Kier molecular flexibility index (Phi) is 3.87. The van der Waals surface area contributed by atoms with Crippen LogP contribution in [-0.2, 0) is 4.74 Å². The number of nitrogens with two attached hydrogens (primary N) is 1. The Morgan fingerprint density at radius 1 is 1.17 bits per heavy atom. The molecule has 1 saturated heterocycles. The quantitative estimate of drug-likeness (QED) is 0.791. The second kappa shape index (κ2) is 6.18. The predicted octanol–water partition coefficient (Wildman–Crippen LogP) is 1.77. The highest BCUT2D eigenvalue weighted by atomic mass is 16.5. The lowest BCUT2D eigenvalue weighted by atomic mass is 10.0. The molecule has 0 radical (unpaired) electrons. The highest BCUT2D eigenvalue weighted by molar-refractivity contribution is 5.65. The zero-order valence-corrected chi connectivity index (χ0v) is 13.6. The second-order valence-electron chi connectivity index (χ2n) is 6.01. The molecule has 0 bridgehead atoms. The molecule has 3 aromatic rings. The fraction of sp³-hybridized carbons (Fsp3) is 0.353. The maximum Gasteiger partial charge on any atom is 0.207 e. The molecule has 1 aromatic carbocycles. The number of aromatic nitrogens is 4. The van der Waals surface area contributed by atoms with Gasteiger partial charge in [-0.15, -0.1) is 10.2 Å². The summed E-state index contributed by atoms with van der Waals surface area (Å²) in [4.78, 5) is 6.88. The minimum Gasteiger partial charge on any atom is -0.379 e. The summed E-state index contributed by atoms with van der Waals surface area (Å²) in [7, 11) is 0. The lowest BCUT2D eigenvalue weighted by Crippen LogP contribution is -2.37. The summed E-state index contributed by atoms with van der Waals surface area (Å²) in [5.74, 6) is 0.387. The van der Waals surface area contributed by atoms with Gasteiger partial charge in [-0.3, -0.25) is 9.30 Å². The van der Waals surface area contributed by atoms with Crippen LogP contribution in [0.4, 0.5) is 5.95 Å². The fourth-order valence-corrected chi connectivity index (χ4v) is 3.11. The molecule has 2 N–H and O–H groups in total. The third kappa shape index (κ3) is 2.72. The van der Waals surface area contributed by atoms with E-state index in [-0.39, 0.29) is 0 Å². The lowest BCUT2D eigenvalue weighted by molar-refractivity contribution is 0.0198. The number of rotatable bonds is 3. The van der Waals surface area contributed by atoms with E-state index in [0.717, 1.165) is 37.6 Å². The standard InChI is InChI=1S/C17H20N6O/c1-12(22-6-8-24-9-7-22)13-2-4-14(5-3-13)15-10-16-21-19-11-23(16)17(18)20-15/h2-5,10-12H,6-9H2,1H3,(H2,18,20)/t12-/m1/s1. The van der Waals surface area contributed by atoms with Crippen LogP contribution in [0.3, 0.4) is 0 Å². The van der Waals surface area contributed by atoms with Crippen LogP contribution in [0.15, 0.2) is 36.7 Å². The van der Waals surface area contributed by atoms with Crippen LogP contribution in [-0.4, -0.2) is 50.8 Å². The normalized spacial score (nSPS) is 17.2. The number of anilines is 1. The molecule has 24 heavy (non-hydrogen) atoms. The van der Waals surface area contributed by atoms with Gasteiger partial charge in [0.1, 0.15) is 6.33 Å². The molecule has 0 spiro atoms. The summed E-state index contributed by atoms with van der Waals surface area (Å²) in [6.07, 6.45) is 1.56. The molecule has 0 saturated carbocycles. The topological polar surface area (TPSA) is 81.6 Å². The van der Waals surface area contributed by atoms with Crippen LogP contribution in [0.5, 0.6) is 0 Å². The maximum absolute atomic E-state index is 5.97. The van der Waals surface area contributed by atoms with E-state index in [1.54, 1.807) is 10.7 Å². The van der Waals surface area contributed by atoms with Gasteiger partial charge in [0.15, 0.2) is 5.65 Å². The van der Waals surface area contributed by atoms with Gasteiger partial charge in [0.05, 0.1) is 18.9 Å². The number of nitrogen functional groups attached to an aromatic ring is 1. The zero-order chi connectivity index (χ0) is 16.5. The summed E-state index contributed by atoms with van der Waals surface area (Å²) >= 11 is 0. The summed E-state index contributed by atoms with van der Waals surface area (Å²) in [6.45, 7) is 5.81. The van der Waals surface area contributed by atoms with Crippen LogP contribution in [0.2, 0.25) is 0 Å². The van der Waals surface area contributed by atoms with Crippen molar-refractivity contribution in [2.45, 2.75) is 13.0 Å². The molecule has 1 aliphatic heterocycles. The van der Waals surface area contributed by atoms with Gasteiger partial charge < -0.3 is 10.5 Å². The Bertz CT molecular complexity index is 838. The number of ether oxygens (including phenoxy) is 1. The number of morpholine rings is 1.